The van der Waals surface area contributed by atoms with Crippen molar-refractivity contribution < 1.29 is 28.5 Å². The molecule has 12 atom stereocenters. The number of benzene rings is 4. The Morgan fingerprint density at radius 3 is 1.25 bits per heavy atom. The molecule has 294 valence electrons. The van der Waals surface area contributed by atoms with Crippen molar-refractivity contribution in [3.05, 3.63) is 144 Å². The van der Waals surface area contributed by atoms with E-state index in [0.29, 0.717) is 23.0 Å². The molecular formula is C46H52N2O6S2. The summed E-state index contributed by atoms with van der Waals surface area (Å²) in [6.45, 7) is 0. The second-order valence-corrected chi connectivity index (χ2v) is 18.2. The average molecular weight is 793 g/mol. The number of hydrogen-bond donors (Lipinski definition) is 2. The largest absolute Gasteiger partial charge is 0.354 e. The van der Waals surface area contributed by atoms with E-state index in [2.05, 4.69) is 71.3 Å². The number of carbonyl (C=O) groups is 2. The van der Waals surface area contributed by atoms with E-state index in [9.17, 15) is 9.59 Å². The van der Waals surface area contributed by atoms with E-state index in [1.807, 2.05) is 82.3 Å². The van der Waals surface area contributed by atoms with Crippen molar-refractivity contribution in [1.29, 1.82) is 0 Å². The molecular weight excluding hydrogens is 741 g/mol. The lowest BCUT2D eigenvalue weighted by Gasteiger charge is -2.52. The van der Waals surface area contributed by atoms with Crippen LogP contribution >= 0.6 is 21.6 Å². The van der Waals surface area contributed by atoms with Crippen molar-refractivity contribution in [1.82, 2.24) is 10.6 Å². The molecule has 56 heavy (non-hydrogen) atoms. The van der Waals surface area contributed by atoms with Gasteiger partial charge in [-0.3, -0.25) is 9.59 Å². The van der Waals surface area contributed by atoms with E-state index < -0.39 is 24.7 Å². The van der Waals surface area contributed by atoms with Crippen molar-refractivity contribution in [3.8, 4) is 0 Å². The Labute approximate surface area is 338 Å². The molecule has 2 aliphatic heterocycles. The molecule has 2 saturated carbocycles. The molecule has 8 nitrogen and oxygen atoms in total. The summed E-state index contributed by atoms with van der Waals surface area (Å²) < 4.78 is 25.6. The third kappa shape index (κ3) is 8.61. The van der Waals surface area contributed by atoms with Crippen molar-refractivity contribution in [3.63, 3.8) is 0 Å². The van der Waals surface area contributed by atoms with Gasteiger partial charge in [-0.2, -0.15) is 0 Å². The summed E-state index contributed by atoms with van der Waals surface area (Å²) in [7, 11) is 6.99. The zero-order chi connectivity index (χ0) is 38.4. The van der Waals surface area contributed by atoms with Gasteiger partial charge in [0.2, 0.25) is 0 Å². The fourth-order valence-electron chi connectivity index (χ4n) is 9.54. The summed E-state index contributed by atoms with van der Waals surface area (Å²) >= 11 is 0. The summed E-state index contributed by atoms with van der Waals surface area (Å²) in [6.07, 6.45) is 4.50. The Balaban J connectivity index is 1.13. The van der Waals surface area contributed by atoms with Crippen LogP contribution < -0.4 is 10.6 Å². The van der Waals surface area contributed by atoms with Gasteiger partial charge in [-0.15, -0.1) is 0 Å². The standard InChI is InChI=1S/C46H52N2O6S2/c1-51-45-39(47-43(49)31-19-11-5-12-20-31)41(35-27-33(23-25-37(35)53-45)29-15-7-3-8-16-29)55-56-42-36-28-34(30-17-9-4-10-18-30)24-26-38(36)54-46(52-2)40(42)48-44(50)32-21-13-6-14-22-32/h3-22,33-42,45-46H,23-28H2,1-2H3,(H,47,49)(H,48,50)/t33-,34+,35-,36+,37+,38-,39-,40+,41-,42+,45+,46-. The van der Waals surface area contributed by atoms with E-state index in [-0.39, 0.29) is 46.4 Å². The fraction of sp³-hybridized carbons (Fsp3) is 0.435. The van der Waals surface area contributed by atoms with Gasteiger partial charge in [-0.05, 0) is 85.8 Å². The maximum atomic E-state index is 13.9. The van der Waals surface area contributed by atoms with Crippen molar-refractivity contribution in [2.45, 2.75) is 97.7 Å². The molecule has 10 heteroatoms. The predicted octanol–water partition coefficient (Wildman–Crippen LogP) is 8.61. The van der Waals surface area contributed by atoms with Crippen molar-refractivity contribution >= 4 is 33.4 Å². The maximum absolute atomic E-state index is 13.9. The van der Waals surface area contributed by atoms with Crippen LogP contribution in [0, 0.1) is 11.8 Å². The molecule has 0 radical (unpaired) electrons. The molecule has 4 aromatic carbocycles. The topological polar surface area (TPSA) is 95.1 Å². The number of carbonyl (C=O) groups excluding carboxylic acids is 2. The summed E-state index contributed by atoms with van der Waals surface area (Å²) in [5, 5.41) is 6.67. The predicted molar refractivity (Wildman–Crippen MR) is 223 cm³/mol. The first-order valence-electron chi connectivity index (χ1n) is 20.0. The third-order valence-electron chi connectivity index (χ3n) is 12.4. The van der Waals surface area contributed by atoms with Gasteiger partial charge in [-0.25, -0.2) is 0 Å². The Hall–Kier alpha value is -3.64. The summed E-state index contributed by atoms with van der Waals surface area (Å²) in [4.78, 5) is 27.8. The number of nitrogens with one attached hydrogen (secondary N) is 2. The number of hydrogen-bond acceptors (Lipinski definition) is 8. The fourth-order valence-corrected chi connectivity index (χ4v) is 13.6. The first-order chi connectivity index (χ1) is 27.5. The van der Waals surface area contributed by atoms with Gasteiger partial charge in [0.25, 0.3) is 11.8 Å². The van der Waals surface area contributed by atoms with E-state index in [1.165, 1.54) is 11.1 Å². The zero-order valence-electron chi connectivity index (χ0n) is 32.0. The highest BCUT2D eigenvalue weighted by molar-refractivity contribution is 8.77. The van der Waals surface area contributed by atoms with E-state index in [1.54, 1.807) is 14.2 Å². The van der Waals surface area contributed by atoms with Crippen LogP contribution in [0.15, 0.2) is 121 Å². The lowest BCUT2D eigenvalue weighted by Crippen LogP contribution is -2.62. The van der Waals surface area contributed by atoms with E-state index in [4.69, 9.17) is 18.9 Å². The second-order valence-electron chi connectivity index (χ2n) is 15.6. The molecule has 0 unspecified atom stereocenters. The number of rotatable bonds is 11. The average Bonchev–Trinajstić information content (AvgIpc) is 3.26. The van der Waals surface area contributed by atoms with Gasteiger partial charge < -0.3 is 29.6 Å². The SMILES string of the molecule is CO[C@@H]1O[C@@H]2CC[C@H](c3ccccc3)C[C@@H]2[C@H](SS[C@@H]2[C@@H]3C[C@H](c4ccccc4)CC[C@@H]3O[C@H](OC)[C@@H]2NC(=O)c2ccccc2)[C@@H]1NC(=O)c1ccccc1. The Morgan fingerprint density at radius 1 is 0.536 bits per heavy atom. The van der Waals surface area contributed by atoms with Crippen LogP contribution in [0.1, 0.15) is 82.2 Å². The second kappa shape index (κ2) is 18.3. The smallest absolute Gasteiger partial charge is 0.251 e. The van der Waals surface area contributed by atoms with Crippen molar-refractivity contribution in [2.75, 3.05) is 14.2 Å². The van der Waals surface area contributed by atoms with Crippen molar-refractivity contribution in [2.24, 2.45) is 11.8 Å². The molecule has 2 amide bonds. The molecule has 0 spiro atoms. The van der Waals surface area contributed by atoms with Gasteiger partial charge in [0.1, 0.15) is 0 Å². The molecule has 4 aromatic rings. The molecule has 2 heterocycles. The zero-order valence-corrected chi connectivity index (χ0v) is 33.6. The Morgan fingerprint density at radius 2 is 0.893 bits per heavy atom. The van der Waals surface area contributed by atoms with Crippen LogP contribution in [0.4, 0.5) is 0 Å². The molecule has 0 bridgehead atoms. The highest BCUT2D eigenvalue weighted by atomic mass is 33.1. The highest BCUT2D eigenvalue weighted by Crippen LogP contribution is 2.54. The minimum atomic E-state index is -0.616. The van der Waals surface area contributed by atoms with Crippen LogP contribution in [0.5, 0.6) is 0 Å². The molecule has 0 aromatic heterocycles. The Kier molecular flexibility index (Phi) is 12.8. The van der Waals surface area contributed by atoms with E-state index in [0.717, 1.165) is 38.5 Å². The minimum Gasteiger partial charge on any atom is -0.354 e. The minimum absolute atomic E-state index is 0.0113. The highest BCUT2D eigenvalue weighted by Gasteiger charge is 2.53. The van der Waals surface area contributed by atoms with Gasteiger partial charge in [0.15, 0.2) is 12.6 Å². The Bertz CT molecular complexity index is 1740. The van der Waals surface area contributed by atoms with Gasteiger partial charge in [0, 0.05) is 47.7 Å². The summed E-state index contributed by atoms with van der Waals surface area (Å²) in [5.41, 5.74) is 3.88. The summed E-state index contributed by atoms with van der Waals surface area (Å²) in [5.74, 6) is 0.755. The lowest BCUT2D eigenvalue weighted by molar-refractivity contribution is -0.216. The molecule has 2 saturated heterocycles. The van der Waals surface area contributed by atoms with Gasteiger partial charge in [-0.1, -0.05) is 119 Å². The number of fused-ring (bicyclic) bond motifs is 2. The lowest BCUT2D eigenvalue weighted by atomic mass is 9.72. The van der Waals surface area contributed by atoms with Crippen LogP contribution in [0.25, 0.3) is 0 Å². The van der Waals surface area contributed by atoms with Gasteiger partial charge >= 0.3 is 0 Å². The number of ether oxygens (including phenoxy) is 4. The van der Waals surface area contributed by atoms with Crippen LogP contribution in [0.3, 0.4) is 0 Å². The molecule has 2 aliphatic carbocycles. The van der Waals surface area contributed by atoms with Crippen LogP contribution in [-0.4, -0.2) is 73.4 Å². The molecule has 2 N–H and O–H groups in total. The molecule has 4 aliphatic rings. The number of amides is 2. The molecule has 8 rings (SSSR count). The molecule has 4 fully saturated rings. The quantitative estimate of drug-likeness (QED) is 0.146. The van der Waals surface area contributed by atoms with Crippen LogP contribution in [-0.2, 0) is 18.9 Å². The number of methoxy groups -OCH3 is 2. The third-order valence-corrected chi connectivity index (χ3v) is 15.9. The van der Waals surface area contributed by atoms with E-state index >= 15 is 0 Å². The van der Waals surface area contributed by atoms with Crippen LogP contribution in [0.2, 0.25) is 0 Å². The summed E-state index contributed by atoms with van der Waals surface area (Å²) in [6, 6.07) is 39.4. The first kappa shape index (κ1) is 39.2. The maximum Gasteiger partial charge on any atom is 0.251 e. The monoisotopic (exact) mass is 792 g/mol. The van der Waals surface area contributed by atoms with Gasteiger partial charge in [0.05, 0.1) is 24.3 Å². The first-order valence-corrected chi connectivity index (χ1v) is 22.3. The normalized spacial score (nSPS) is 32.7.